The molecular weight excluding hydrogens is 362 g/mol. The monoisotopic (exact) mass is 379 g/mol. The highest BCUT2D eigenvalue weighted by molar-refractivity contribution is 6.35. The maximum absolute atomic E-state index is 12.7. The highest BCUT2D eigenvalue weighted by atomic mass is 35.5. The lowest BCUT2D eigenvalue weighted by Gasteiger charge is -2.11. The molecule has 0 aliphatic heterocycles. The van der Waals surface area contributed by atoms with Gasteiger partial charge in [0.25, 0.3) is 11.5 Å². The van der Waals surface area contributed by atoms with Gasteiger partial charge in [0, 0.05) is 59.2 Å². The van der Waals surface area contributed by atoms with Crippen molar-refractivity contribution in [1.29, 1.82) is 0 Å². The molecule has 0 saturated heterocycles. The van der Waals surface area contributed by atoms with E-state index in [1.165, 1.54) is 4.57 Å². The molecule has 2 aromatic carbocycles. The molecular formula is C21H18ClN3O2. The van der Waals surface area contributed by atoms with Gasteiger partial charge in [-0.3, -0.25) is 9.59 Å². The van der Waals surface area contributed by atoms with Gasteiger partial charge in [0.15, 0.2) is 0 Å². The molecule has 0 aliphatic rings. The minimum absolute atomic E-state index is 0.113. The third-order valence-electron chi connectivity index (χ3n) is 4.73. The van der Waals surface area contributed by atoms with Crippen LogP contribution in [0.3, 0.4) is 0 Å². The molecule has 0 fully saturated rings. The Hall–Kier alpha value is -3.05. The zero-order valence-electron chi connectivity index (χ0n) is 14.8. The van der Waals surface area contributed by atoms with E-state index in [0.29, 0.717) is 34.4 Å². The lowest BCUT2D eigenvalue weighted by Crippen LogP contribution is -2.29. The Labute approximate surface area is 160 Å². The summed E-state index contributed by atoms with van der Waals surface area (Å²) in [6, 6.07) is 14.9. The molecule has 0 atom stereocenters. The summed E-state index contributed by atoms with van der Waals surface area (Å²) in [5.74, 6) is -0.198. The SMILES string of the molecule is Cn1cc(C(=O)NCCn2ccc3c(Cl)cccc32)c2ccccc2c1=O. The first-order valence-corrected chi connectivity index (χ1v) is 9.04. The van der Waals surface area contributed by atoms with Gasteiger partial charge in [0.1, 0.15) is 0 Å². The quantitative estimate of drug-likeness (QED) is 0.589. The van der Waals surface area contributed by atoms with Gasteiger partial charge < -0.3 is 14.5 Å². The van der Waals surface area contributed by atoms with Crippen LogP contribution in [0.15, 0.2) is 65.7 Å². The molecule has 27 heavy (non-hydrogen) atoms. The van der Waals surface area contributed by atoms with Crippen molar-refractivity contribution in [3.63, 3.8) is 0 Å². The van der Waals surface area contributed by atoms with Crippen LogP contribution in [-0.4, -0.2) is 21.6 Å². The maximum Gasteiger partial charge on any atom is 0.258 e. The van der Waals surface area contributed by atoms with Crippen molar-refractivity contribution in [1.82, 2.24) is 14.5 Å². The molecule has 6 heteroatoms. The van der Waals surface area contributed by atoms with Gasteiger partial charge in [-0.05, 0) is 24.3 Å². The van der Waals surface area contributed by atoms with Crippen LogP contribution in [0.1, 0.15) is 10.4 Å². The van der Waals surface area contributed by atoms with Crippen LogP contribution < -0.4 is 10.9 Å². The Balaban J connectivity index is 1.55. The summed E-state index contributed by atoms with van der Waals surface area (Å²) in [5, 5.41) is 5.86. The molecule has 1 N–H and O–H groups in total. The topological polar surface area (TPSA) is 56.0 Å². The zero-order valence-corrected chi connectivity index (χ0v) is 15.5. The summed E-state index contributed by atoms with van der Waals surface area (Å²) < 4.78 is 3.50. The number of rotatable bonds is 4. The number of halogens is 1. The summed E-state index contributed by atoms with van der Waals surface area (Å²) in [6.45, 7) is 1.09. The van der Waals surface area contributed by atoms with E-state index >= 15 is 0 Å². The van der Waals surface area contributed by atoms with Crippen molar-refractivity contribution >= 4 is 39.2 Å². The van der Waals surface area contributed by atoms with Crippen molar-refractivity contribution in [3.8, 4) is 0 Å². The first-order chi connectivity index (χ1) is 13.1. The highest BCUT2D eigenvalue weighted by Crippen LogP contribution is 2.24. The second-order valence-electron chi connectivity index (χ2n) is 6.44. The molecule has 0 spiro atoms. The van der Waals surface area contributed by atoms with Crippen molar-refractivity contribution in [2.24, 2.45) is 7.05 Å². The number of carbonyl (C=O) groups excluding carboxylic acids is 1. The van der Waals surface area contributed by atoms with E-state index < -0.39 is 0 Å². The van der Waals surface area contributed by atoms with Crippen molar-refractivity contribution in [3.05, 3.63) is 81.9 Å². The number of benzene rings is 2. The Bertz CT molecular complexity index is 1220. The first-order valence-electron chi connectivity index (χ1n) is 8.66. The average molecular weight is 380 g/mol. The number of aromatic nitrogens is 2. The van der Waals surface area contributed by atoms with Crippen LogP contribution in [0.25, 0.3) is 21.7 Å². The molecule has 136 valence electrons. The number of pyridine rings is 1. The fourth-order valence-corrected chi connectivity index (χ4v) is 3.60. The maximum atomic E-state index is 12.7. The summed E-state index contributed by atoms with van der Waals surface area (Å²) in [4.78, 5) is 25.0. The van der Waals surface area contributed by atoms with Gasteiger partial charge in [0.05, 0.1) is 5.56 Å². The Morgan fingerprint density at radius 3 is 2.63 bits per heavy atom. The second-order valence-corrected chi connectivity index (χ2v) is 6.85. The Morgan fingerprint density at radius 1 is 1.04 bits per heavy atom. The number of aryl methyl sites for hydroxylation is 1. The predicted octanol–water partition coefficient (Wildman–Crippen LogP) is 3.58. The van der Waals surface area contributed by atoms with Gasteiger partial charge in [-0.2, -0.15) is 0 Å². The number of nitrogens with one attached hydrogen (secondary N) is 1. The number of hydrogen-bond acceptors (Lipinski definition) is 2. The lowest BCUT2D eigenvalue weighted by molar-refractivity contribution is 0.0953. The standard InChI is InChI=1S/C21H18ClN3O2/c1-24-13-17(14-5-2-3-6-15(14)21(24)27)20(26)23-10-12-25-11-9-16-18(22)7-4-8-19(16)25/h2-9,11,13H,10,12H2,1H3,(H,23,26). The number of carbonyl (C=O) groups is 1. The fourth-order valence-electron chi connectivity index (χ4n) is 3.36. The van der Waals surface area contributed by atoms with E-state index in [0.717, 1.165) is 10.9 Å². The lowest BCUT2D eigenvalue weighted by atomic mass is 10.1. The number of hydrogen-bond donors (Lipinski definition) is 1. The summed E-state index contributed by atoms with van der Waals surface area (Å²) >= 11 is 6.21. The van der Waals surface area contributed by atoms with Crippen LogP contribution in [-0.2, 0) is 13.6 Å². The van der Waals surface area contributed by atoms with Crippen LogP contribution >= 0.6 is 11.6 Å². The fraction of sp³-hybridized carbons (Fsp3) is 0.143. The first kappa shape index (κ1) is 17.4. The third kappa shape index (κ3) is 3.11. The molecule has 0 aliphatic carbocycles. The Morgan fingerprint density at radius 2 is 1.81 bits per heavy atom. The van der Waals surface area contributed by atoms with E-state index in [-0.39, 0.29) is 11.5 Å². The smallest absolute Gasteiger partial charge is 0.258 e. The second kappa shape index (κ2) is 6.93. The molecule has 4 aromatic rings. The van der Waals surface area contributed by atoms with E-state index in [1.807, 2.05) is 36.5 Å². The largest absolute Gasteiger partial charge is 0.350 e. The van der Waals surface area contributed by atoms with Gasteiger partial charge in [0.2, 0.25) is 0 Å². The molecule has 0 bridgehead atoms. The molecule has 0 saturated carbocycles. The predicted molar refractivity (Wildman–Crippen MR) is 108 cm³/mol. The summed E-state index contributed by atoms with van der Waals surface area (Å²) in [5.41, 5.74) is 1.41. The highest BCUT2D eigenvalue weighted by Gasteiger charge is 2.13. The normalized spacial score (nSPS) is 11.2. The van der Waals surface area contributed by atoms with Crippen LogP contribution in [0.5, 0.6) is 0 Å². The minimum atomic E-state index is -0.198. The van der Waals surface area contributed by atoms with Crippen LogP contribution in [0.4, 0.5) is 0 Å². The Kier molecular flexibility index (Phi) is 4.46. The van der Waals surface area contributed by atoms with E-state index in [4.69, 9.17) is 11.6 Å². The van der Waals surface area contributed by atoms with E-state index in [2.05, 4.69) is 9.88 Å². The third-order valence-corrected chi connectivity index (χ3v) is 5.06. The van der Waals surface area contributed by atoms with E-state index in [1.54, 1.807) is 31.4 Å². The molecule has 1 amide bonds. The number of nitrogens with zero attached hydrogens (tertiary/aromatic N) is 2. The number of fused-ring (bicyclic) bond motifs is 2. The van der Waals surface area contributed by atoms with Crippen molar-refractivity contribution in [2.75, 3.05) is 6.54 Å². The van der Waals surface area contributed by atoms with Crippen LogP contribution in [0, 0.1) is 0 Å². The zero-order chi connectivity index (χ0) is 19.0. The van der Waals surface area contributed by atoms with Crippen molar-refractivity contribution < 1.29 is 4.79 Å². The van der Waals surface area contributed by atoms with Gasteiger partial charge in [-0.1, -0.05) is 35.9 Å². The molecule has 0 unspecified atom stereocenters. The van der Waals surface area contributed by atoms with Gasteiger partial charge in [-0.25, -0.2) is 0 Å². The van der Waals surface area contributed by atoms with Gasteiger partial charge >= 0.3 is 0 Å². The number of amides is 1. The van der Waals surface area contributed by atoms with Crippen LogP contribution in [0.2, 0.25) is 5.02 Å². The molecule has 2 heterocycles. The average Bonchev–Trinajstić information content (AvgIpc) is 3.09. The minimum Gasteiger partial charge on any atom is -0.350 e. The van der Waals surface area contributed by atoms with Crippen molar-refractivity contribution in [2.45, 2.75) is 6.54 Å². The molecule has 0 radical (unpaired) electrons. The molecule has 2 aromatic heterocycles. The van der Waals surface area contributed by atoms with E-state index in [9.17, 15) is 9.59 Å². The summed E-state index contributed by atoms with van der Waals surface area (Å²) in [6.07, 6.45) is 3.55. The molecule has 5 nitrogen and oxygen atoms in total. The van der Waals surface area contributed by atoms with Gasteiger partial charge in [-0.15, -0.1) is 0 Å². The molecule has 4 rings (SSSR count). The summed E-state index contributed by atoms with van der Waals surface area (Å²) in [7, 11) is 1.65.